The monoisotopic (exact) mass is 588 g/mol. The van der Waals surface area contributed by atoms with Gasteiger partial charge < -0.3 is 30.4 Å². The van der Waals surface area contributed by atoms with Crippen molar-refractivity contribution in [3.63, 3.8) is 0 Å². The number of aliphatic hydroxyl groups excluding tert-OH is 1. The van der Waals surface area contributed by atoms with Crippen LogP contribution in [-0.2, 0) is 29.4 Å². The molecule has 3 heterocycles. The van der Waals surface area contributed by atoms with Gasteiger partial charge in [0.2, 0.25) is 0 Å². The standard InChI is InChI=1S/C29H44N6O7/c1-16(2)23(30)27(38)41-24-20(14-40-22(36)13-18-9-7-6-8-10-18)42-29(5,25(24)37)21-12-11-19-26(31-15-32-35(19)21)34-28(39)33-17(3)4/h11-12,15-18,20,23-25,37H,6-10,13-14,30H2,1-5H3,(H2,31,32,33,34,39)/t20-,23+,24-,25-,29+/m1/s1. The van der Waals surface area contributed by atoms with Gasteiger partial charge in [0.25, 0.3) is 0 Å². The summed E-state index contributed by atoms with van der Waals surface area (Å²) < 4.78 is 19.2. The Kier molecular flexibility index (Phi) is 10.1. The van der Waals surface area contributed by atoms with Crippen LogP contribution in [-0.4, -0.2) is 74.7 Å². The Morgan fingerprint density at radius 2 is 1.90 bits per heavy atom. The first-order chi connectivity index (χ1) is 19.9. The number of aromatic nitrogens is 3. The lowest BCUT2D eigenvalue weighted by molar-refractivity contribution is -0.162. The molecule has 1 saturated heterocycles. The third-order valence-electron chi connectivity index (χ3n) is 8.08. The van der Waals surface area contributed by atoms with Crippen molar-refractivity contribution in [1.29, 1.82) is 0 Å². The zero-order valence-electron chi connectivity index (χ0n) is 25.0. The molecule has 42 heavy (non-hydrogen) atoms. The molecule has 0 spiro atoms. The van der Waals surface area contributed by atoms with E-state index in [-0.39, 0.29) is 30.4 Å². The van der Waals surface area contributed by atoms with Crippen LogP contribution in [0, 0.1) is 11.8 Å². The summed E-state index contributed by atoms with van der Waals surface area (Å²) in [4.78, 5) is 42.1. The van der Waals surface area contributed by atoms with Gasteiger partial charge in [-0.25, -0.2) is 14.3 Å². The second-order valence-electron chi connectivity index (χ2n) is 12.1. The van der Waals surface area contributed by atoms with Crippen molar-refractivity contribution >= 4 is 29.3 Å². The number of aliphatic hydroxyl groups is 1. The second-order valence-corrected chi connectivity index (χ2v) is 12.1. The van der Waals surface area contributed by atoms with E-state index in [2.05, 4.69) is 20.7 Å². The average molecular weight is 589 g/mol. The molecular weight excluding hydrogens is 544 g/mol. The first-order valence-corrected chi connectivity index (χ1v) is 14.8. The van der Waals surface area contributed by atoms with E-state index in [0.29, 0.717) is 23.5 Å². The maximum absolute atomic E-state index is 12.9. The van der Waals surface area contributed by atoms with Crippen molar-refractivity contribution in [3.8, 4) is 0 Å². The van der Waals surface area contributed by atoms with Crippen molar-refractivity contribution in [2.24, 2.45) is 17.6 Å². The van der Waals surface area contributed by atoms with Crippen LogP contribution in [0.2, 0.25) is 0 Å². The highest BCUT2D eigenvalue weighted by Gasteiger charge is 2.56. The number of nitrogens with one attached hydrogen (secondary N) is 2. The van der Waals surface area contributed by atoms with E-state index in [4.69, 9.17) is 19.9 Å². The van der Waals surface area contributed by atoms with Crippen molar-refractivity contribution in [2.75, 3.05) is 11.9 Å². The highest BCUT2D eigenvalue weighted by atomic mass is 16.6. The number of urea groups is 1. The van der Waals surface area contributed by atoms with Crippen molar-refractivity contribution in [3.05, 3.63) is 24.2 Å². The first kappa shape index (κ1) is 31.6. The molecule has 1 aliphatic carbocycles. The fourth-order valence-corrected chi connectivity index (χ4v) is 5.61. The number of carbonyl (C=O) groups is 3. The predicted molar refractivity (Wildman–Crippen MR) is 153 cm³/mol. The van der Waals surface area contributed by atoms with Crippen LogP contribution in [0.1, 0.15) is 78.8 Å². The van der Waals surface area contributed by atoms with E-state index >= 15 is 0 Å². The first-order valence-electron chi connectivity index (χ1n) is 14.8. The molecule has 2 amide bonds. The number of fused-ring (bicyclic) bond motifs is 1. The number of anilines is 1. The van der Waals surface area contributed by atoms with E-state index in [1.807, 2.05) is 13.8 Å². The molecule has 13 nitrogen and oxygen atoms in total. The van der Waals surface area contributed by atoms with Gasteiger partial charge in [0.15, 0.2) is 11.9 Å². The van der Waals surface area contributed by atoms with Crippen LogP contribution in [0.4, 0.5) is 10.6 Å². The third-order valence-corrected chi connectivity index (χ3v) is 8.08. The lowest BCUT2D eigenvalue weighted by Crippen LogP contribution is -2.46. The zero-order chi connectivity index (χ0) is 30.6. The molecule has 0 bridgehead atoms. The molecule has 5 N–H and O–H groups in total. The van der Waals surface area contributed by atoms with Crippen LogP contribution in [0.15, 0.2) is 18.5 Å². The molecule has 1 aliphatic heterocycles. The number of hydrogen-bond donors (Lipinski definition) is 4. The average Bonchev–Trinajstić information content (AvgIpc) is 3.48. The third kappa shape index (κ3) is 7.01. The maximum atomic E-state index is 12.9. The highest BCUT2D eigenvalue weighted by Crippen LogP contribution is 2.42. The predicted octanol–water partition coefficient (Wildman–Crippen LogP) is 2.64. The molecule has 0 aromatic carbocycles. The van der Waals surface area contributed by atoms with E-state index < -0.39 is 42.0 Å². The molecule has 4 rings (SSSR count). The molecule has 0 radical (unpaired) electrons. The minimum atomic E-state index is -1.44. The lowest BCUT2D eigenvalue weighted by atomic mass is 9.87. The van der Waals surface area contributed by atoms with Crippen molar-refractivity contribution < 1.29 is 33.7 Å². The molecule has 2 aromatic heterocycles. The van der Waals surface area contributed by atoms with Crippen molar-refractivity contribution in [2.45, 2.75) is 109 Å². The topological polar surface area (TPSA) is 179 Å². The summed E-state index contributed by atoms with van der Waals surface area (Å²) in [5.41, 5.74) is 5.48. The molecule has 0 unspecified atom stereocenters. The molecule has 13 heteroatoms. The quantitative estimate of drug-likeness (QED) is 0.301. The van der Waals surface area contributed by atoms with Gasteiger partial charge in [-0.05, 0) is 57.6 Å². The SMILES string of the molecule is CC(C)NC(=O)Nc1ncnn2c([C@]3(C)O[C@H](COC(=O)CC4CCCCC4)[C@@H](OC(=O)[C@@H](N)C(C)C)[C@H]3O)ccc12. The molecule has 2 aromatic rings. The number of nitrogens with two attached hydrogens (primary N) is 1. The second kappa shape index (κ2) is 13.3. The summed E-state index contributed by atoms with van der Waals surface area (Å²) in [7, 11) is 0. The molecule has 232 valence electrons. The fourth-order valence-electron chi connectivity index (χ4n) is 5.61. The fraction of sp³-hybridized carbons (Fsp3) is 0.690. The molecular formula is C29H44N6O7. The van der Waals surface area contributed by atoms with Gasteiger partial charge in [-0.3, -0.25) is 14.9 Å². The Balaban J connectivity index is 1.58. The summed E-state index contributed by atoms with van der Waals surface area (Å²) in [6, 6.07) is 1.96. The molecule has 2 aliphatic rings. The smallest absolute Gasteiger partial charge is 0.323 e. The summed E-state index contributed by atoms with van der Waals surface area (Å²) in [5.74, 6) is -0.689. The normalized spacial score (nSPS) is 25.5. The number of esters is 2. The Morgan fingerprint density at radius 1 is 1.19 bits per heavy atom. The minimum Gasteiger partial charge on any atom is -0.463 e. The summed E-state index contributed by atoms with van der Waals surface area (Å²) >= 11 is 0. The Hall–Kier alpha value is -3.29. The number of carbonyl (C=O) groups excluding carboxylic acids is 3. The van der Waals surface area contributed by atoms with E-state index in [1.54, 1.807) is 32.9 Å². The van der Waals surface area contributed by atoms with Crippen LogP contribution < -0.4 is 16.4 Å². The van der Waals surface area contributed by atoms with Crippen molar-refractivity contribution in [1.82, 2.24) is 19.9 Å². The highest BCUT2D eigenvalue weighted by molar-refractivity contribution is 5.92. The van der Waals surface area contributed by atoms with Gasteiger partial charge in [0.05, 0.1) is 5.69 Å². The Labute approximate surface area is 245 Å². The lowest BCUT2D eigenvalue weighted by Gasteiger charge is -2.28. The zero-order valence-corrected chi connectivity index (χ0v) is 25.0. The number of amides is 2. The van der Waals surface area contributed by atoms with E-state index in [1.165, 1.54) is 17.3 Å². The van der Waals surface area contributed by atoms with E-state index in [0.717, 1.165) is 25.7 Å². The van der Waals surface area contributed by atoms with E-state index in [9.17, 15) is 19.5 Å². The molecule has 5 atom stereocenters. The van der Waals surface area contributed by atoms with Gasteiger partial charge in [0, 0.05) is 12.5 Å². The van der Waals surface area contributed by atoms with Gasteiger partial charge in [-0.1, -0.05) is 33.1 Å². The van der Waals surface area contributed by atoms with Gasteiger partial charge >= 0.3 is 18.0 Å². The number of ether oxygens (including phenoxy) is 3. The van der Waals surface area contributed by atoms with Gasteiger partial charge in [-0.2, -0.15) is 5.10 Å². The van der Waals surface area contributed by atoms with Crippen LogP contribution in [0.25, 0.3) is 5.52 Å². The largest absolute Gasteiger partial charge is 0.463 e. The van der Waals surface area contributed by atoms with Crippen LogP contribution in [0.3, 0.4) is 0 Å². The molecule has 2 fully saturated rings. The number of nitrogens with zero attached hydrogens (tertiary/aromatic N) is 3. The Bertz CT molecular complexity index is 1260. The summed E-state index contributed by atoms with van der Waals surface area (Å²) in [6.07, 6.45) is 3.49. The van der Waals surface area contributed by atoms with Gasteiger partial charge in [-0.15, -0.1) is 0 Å². The summed E-state index contributed by atoms with van der Waals surface area (Å²) in [6.45, 7) is 8.69. The number of hydrogen-bond acceptors (Lipinski definition) is 10. The minimum absolute atomic E-state index is 0.0803. The Morgan fingerprint density at radius 3 is 2.57 bits per heavy atom. The summed E-state index contributed by atoms with van der Waals surface area (Å²) in [5, 5.41) is 21.4. The number of rotatable bonds is 10. The maximum Gasteiger partial charge on any atom is 0.323 e. The molecule has 1 saturated carbocycles. The van der Waals surface area contributed by atoms with Crippen LogP contribution >= 0.6 is 0 Å². The van der Waals surface area contributed by atoms with Gasteiger partial charge in [0.1, 0.15) is 42.3 Å². The van der Waals surface area contributed by atoms with Crippen LogP contribution in [0.5, 0.6) is 0 Å².